The fraction of sp³-hybridized carbons (Fsp3) is 0.176. The van der Waals surface area contributed by atoms with E-state index in [-0.39, 0.29) is 0 Å². The summed E-state index contributed by atoms with van der Waals surface area (Å²) >= 11 is 0. The first-order chi connectivity index (χ1) is 10.3. The Hall–Kier alpha value is -2.46. The van der Waals surface area contributed by atoms with Crippen molar-refractivity contribution < 1.29 is 0 Å². The summed E-state index contributed by atoms with van der Waals surface area (Å²) in [7, 11) is 0. The predicted octanol–water partition coefficient (Wildman–Crippen LogP) is 2.98. The molecule has 4 heteroatoms. The third-order valence-corrected chi connectivity index (χ3v) is 3.38. The third kappa shape index (κ3) is 2.85. The lowest BCUT2D eigenvalue weighted by Gasteiger charge is -2.10. The molecule has 0 bridgehead atoms. The van der Waals surface area contributed by atoms with Crippen LogP contribution < -0.4 is 11.1 Å². The van der Waals surface area contributed by atoms with E-state index >= 15 is 0 Å². The van der Waals surface area contributed by atoms with Crippen molar-refractivity contribution in [1.29, 1.82) is 0 Å². The zero-order chi connectivity index (χ0) is 14.7. The molecule has 0 unspecified atom stereocenters. The Morgan fingerprint density at radius 1 is 1.14 bits per heavy atom. The second-order valence-electron chi connectivity index (χ2n) is 5.01. The lowest BCUT2D eigenvalue weighted by molar-refractivity contribution is 1.02. The largest absolute Gasteiger partial charge is 0.368 e. The van der Waals surface area contributed by atoms with Crippen LogP contribution in [0.1, 0.15) is 5.56 Å². The van der Waals surface area contributed by atoms with Crippen molar-refractivity contribution in [3.05, 3.63) is 54.2 Å². The summed E-state index contributed by atoms with van der Waals surface area (Å²) in [6.07, 6.45) is 1.80. The minimum atomic E-state index is 0.568. The molecule has 2 heterocycles. The highest BCUT2D eigenvalue weighted by atomic mass is 15.0. The number of anilines is 1. The van der Waals surface area contributed by atoms with E-state index in [2.05, 4.69) is 41.5 Å². The number of nitrogens with one attached hydrogen (secondary N) is 1. The molecular formula is C17H18N4. The summed E-state index contributed by atoms with van der Waals surface area (Å²) in [5, 5.41) is 4.30. The Morgan fingerprint density at radius 2 is 1.95 bits per heavy atom. The van der Waals surface area contributed by atoms with Crippen molar-refractivity contribution in [2.45, 2.75) is 6.92 Å². The van der Waals surface area contributed by atoms with Gasteiger partial charge in [-0.15, -0.1) is 0 Å². The highest BCUT2D eigenvalue weighted by molar-refractivity contribution is 5.91. The van der Waals surface area contributed by atoms with Crippen LogP contribution in [0.3, 0.4) is 0 Å². The normalized spacial score (nSPS) is 10.8. The number of pyridine rings is 2. The van der Waals surface area contributed by atoms with Gasteiger partial charge < -0.3 is 11.1 Å². The van der Waals surface area contributed by atoms with Crippen molar-refractivity contribution in [3.63, 3.8) is 0 Å². The van der Waals surface area contributed by atoms with Crippen LogP contribution in [0.5, 0.6) is 0 Å². The van der Waals surface area contributed by atoms with Gasteiger partial charge in [0.25, 0.3) is 0 Å². The second kappa shape index (κ2) is 5.89. The number of hydrogen-bond donors (Lipinski definition) is 2. The number of rotatable bonds is 4. The Morgan fingerprint density at radius 3 is 2.71 bits per heavy atom. The van der Waals surface area contributed by atoms with Gasteiger partial charge in [-0.25, -0.2) is 4.98 Å². The first-order valence-electron chi connectivity index (χ1n) is 7.04. The molecule has 0 atom stereocenters. The number of aromatic nitrogens is 2. The van der Waals surface area contributed by atoms with Crippen molar-refractivity contribution >= 4 is 16.7 Å². The van der Waals surface area contributed by atoms with E-state index < -0.39 is 0 Å². The van der Waals surface area contributed by atoms with E-state index in [1.165, 1.54) is 5.56 Å². The van der Waals surface area contributed by atoms with Gasteiger partial charge in [0.15, 0.2) is 0 Å². The molecule has 2 aromatic heterocycles. The number of hydrogen-bond acceptors (Lipinski definition) is 4. The van der Waals surface area contributed by atoms with Gasteiger partial charge in [-0.2, -0.15) is 0 Å². The van der Waals surface area contributed by atoms with E-state index in [9.17, 15) is 0 Å². The number of aryl methyl sites for hydroxylation is 1. The van der Waals surface area contributed by atoms with Gasteiger partial charge >= 0.3 is 0 Å². The lowest BCUT2D eigenvalue weighted by Crippen LogP contribution is -2.14. The summed E-state index contributed by atoms with van der Waals surface area (Å²) in [5.41, 5.74) is 9.75. The maximum atomic E-state index is 5.58. The number of nitrogens with two attached hydrogens (primary N) is 1. The molecule has 0 radical (unpaired) electrons. The number of nitrogens with zero attached hydrogens (tertiary/aromatic N) is 2. The van der Waals surface area contributed by atoms with E-state index in [4.69, 9.17) is 10.7 Å². The molecule has 3 rings (SSSR count). The predicted molar refractivity (Wildman–Crippen MR) is 87.3 cm³/mol. The quantitative estimate of drug-likeness (QED) is 0.770. The Labute approximate surface area is 124 Å². The Balaban J connectivity index is 2.12. The van der Waals surface area contributed by atoms with Gasteiger partial charge in [-0.05, 0) is 25.1 Å². The summed E-state index contributed by atoms with van der Waals surface area (Å²) in [6, 6.07) is 14.3. The van der Waals surface area contributed by atoms with E-state index in [0.717, 1.165) is 28.0 Å². The highest BCUT2D eigenvalue weighted by Crippen LogP contribution is 2.26. The van der Waals surface area contributed by atoms with Crippen LogP contribution in [0.2, 0.25) is 0 Å². The minimum Gasteiger partial charge on any atom is -0.368 e. The maximum absolute atomic E-state index is 5.58. The molecule has 1 aromatic carbocycles. The fourth-order valence-electron chi connectivity index (χ4n) is 2.27. The van der Waals surface area contributed by atoms with Crippen molar-refractivity contribution in [2.75, 3.05) is 18.4 Å². The summed E-state index contributed by atoms with van der Waals surface area (Å²) in [4.78, 5) is 9.17. The first kappa shape index (κ1) is 13.5. The second-order valence-corrected chi connectivity index (χ2v) is 5.01. The first-order valence-corrected chi connectivity index (χ1v) is 7.04. The molecule has 0 aliphatic rings. The average molecular weight is 278 g/mol. The molecule has 0 amide bonds. The fourth-order valence-corrected chi connectivity index (χ4v) is 2.27. The van der Waals surface area contributed by atoms with Crippen molar-refractivity contribution in [1.82, 2.24) is 9.97 Å². The maximum Gasteiger partial charge on any atom is 0.136 e. The van der Waals surface area contributed by atoms with Crippen LogP contribution in [0, 0.1) is 6.92 Å². The Kier molecular flexibility index (Phi) is 3.79. The molecule has 106 valence electrons. The van der Waals surface area contributed by atoms with E-state index in [1.807, 2.05) is 18.2 Å². The van der Waals surface area contributed by atoms with Gasteiger partial charge in [0.2, 0.25) is 0 Å². The lowest BCUT2D eigenvalue weighted by atomic mass is 10.1. The van der Waals surface area contributed by atoms with Crippen molar-refractivity contribution in [3.8, 4) is 11.3 Å². The highest BCUT2D eigenvalue weighted by Gasteiger charge is 2.08. The molecule has 0 saturated carbocycles. The standard InChI is InChI=1S/C17H18N4/c1-12-4-6-13(7-5-12)15-11-16-14(3-2-9-19-16)17(21-15)20-10-8-18/h2-7,9,11H,8,10,18H2,1H3,(H,20,21). The molecule has 0 saturated heterocycles. The van der Waals surface area contributed by atoms with Crippen LogP contribution in [-0.4, -0.2) is 23.1 Å². The van der Waals surface area contributed by atoms with Gasteiger partial charge in [0, 0.05) is 30.2 Å². The average Bonchev–Trinajstić information content (AvgIpc) is 2.53. The zero-order valence-electron chi connectivity index (χ0n) is 12.0. The van der Waals surface area contributed by atoms with Crippen LogP contribution in [0.15, 0.2) is 48.7 Å². The molecule has 0 aliphatic heterocycles. The summed E-state index contributed by atoms with van der Waals surface area (Å²) in [6.45, 7) is 3.33. The van der Waals surface area contributed by atoms with E-state index in [1.54, 1.807) is 6.20 Å². The molecule has 0 aliphatic carbocycles. The molecular weight excluding hydrogens is 260 g/mol. The van der Waals surface area contributed by atoms with Gasteiger partial charge in [-0.1, -0.05) is 29.8 Å². The summed E-state index contributed by atoms with van der Waals surface area (Å²) < 4.78 is 0. The minimum absolute atomic E-state index is 0.568. The van der Waals surface area contributed by atoms with Crippen LogP contribution in [0.25, 0.3) is 22.2 Å². The smallest absolute Gasteiger partial charge is 0.136 e. The monoisotopic (exact) mass is 278 g/mol. The Bertz CT molecular complexity index is 750. The molecule has 0 fully saturated rings. The molecule has 3 N–H and O–H groups in total. The van der Waals surface area contributed by atoms with E-state index in [0.29, 0.717) is 13.1 Å². The van der Waals surface area contributed by atoms with Crippen LogP contribution in [0.4, 0.5) is 5.82 Å². The molecule has 21 heavy (non-hydrogen) atoms. The number of benzene rings is 1. The van der Waals surface area contributed by atoms with Crippen molar-refractivity contribution in [2.24, 2.45) is 5.73 Å². The molecule has 4 nitrogen and oxygen atoms in total. The molecule has 3 aromatic rings. The zero-order valence-corrected chi connectivity index (χ0v) is 12.0. The topological polar surface area (TPSA) is 63.8 Å². The third-order valence-electron chi connectivity index (χ3n) is 3.38. The van der Waals surface area contributed by atoms with Gasteiger partial charge in [0.05, 0.1) is 11.2 Å². The number of fused-ring (bicyclic) bond motifs is 1. The molecule has 0 spiro atoms. The SMILES string of the molecule is Cc1ccc(-c2cc3ncccc3c(NCCN)n2)cc1. The van der Waals surface area contributed by atoms with Crippen LogP contribution >= 0.6 is 0 Å². The van der Waals surface area contributed by atoms with Gasteiger partial charge in [0.1, 0.15) is 5.82 Å². The van der Waals surface area contributed by atoms with Gasteiger partial charge in [-0.3, -0.25) is 4.98 Å². The summed E-state index contributed by atoms with van der Waals surface area (Å²) in [5.74, 6) is 0.835. The van der Waals surface area contributed by atoms with Crippen LogP contribution in [-0.2, 0) is 0 Å².